The molecule has 0 amide bonds. The van der Waals surface area contributed by atoms with Gasteiger partial charge in [-0.25, -0.2) is 0 Å². The summed E-state index contributed by atoms with van der Waals surface area (Å²) in [6, 6.07) is 0. The van der Waals surface area contributed by atoms with Crippen LogP contribution in [0.25, 0.3) is 0 Å². The third-order valence-electron chi connectivity index (χ3n) is 2.16. The zero-order valence-electron chi connectivity index (χ0n) is 10.9. The van der Waals surface area contributed by atoms with Crippen molar-refractivity contribution in [3.8, 4) is 0 Å². The Bertz CT molecular complexity index is 184. The fourth-order valence-corrected chi connectivity index (χ4v) is 1.29. The number of hydrogen-bond acceptors (Lipinski definition) is 1. The molecule has 0 saturated heterocycles. The molecule has 0 aliphatic carbocycles. The van der Waals surface area contributed by atoms with Gasteiger partial charge in [0.1, 0.15) is 0 Å². The van der Waals surface area contributed by atoms with Crippen LogP contribution in [-0.4, -0.2) is 11.8 Å². The Morgan fingerprint density at radius 1 is 1.00 bits per heavy atom. The van der Waals surface area contributed by atoms with E-state index in [1.165, 1.54) is 38.5 Å². The summed E-state index contributed by atoms with van der Waals surface area (Å²) in [5.41, 5.74) is 0.0610. The summed E-state index contributed by atoms with van der Waals surface area (Å²) in [5, 5.41) is 0. The number of nitrogens with zero attached hydrogens (tertiary/aromatic N) is 1. The lowest BCUT2D eigenvalue weighted by molar-refractivity contribution is 0.587. The Kier molecular flexibility index (Phi) is 8.35. The maximum atomic E-state index is 4.39. The Morgan fingerprint density at radius 3 is 2.27 bits per heavy atom. The van der Waals surface area contributed by atoms with Gasteiger partial charge in [0.15, 0.2) is 0 Å². The molecule has 0 bridgehead atoms. The third kappa shape index (κ3) is 13.4. The maximum Gasteiger partial charge on any atom is 0.0524 e. The normalized spacial score (nSPS) is 13.1. The van der Waals surface area contributed by atoms with Crippen molar-refractivity contribution in [1.82, 2.24) is 0 Å². The molecule has 88 valence electrons. The fourth-order valence-electron chi connectivity index (χ4n) is 1.29. The van der Waals surface area contributed by atoms with E-state index in [0.717, 1.165) is 0 Å². The van der Waals surface area contributed by atoms with Crippen molar-refractivity contribution >= 4 is 6.21 Å². The summed E-state index contributed by atoms with van der Waals surface area (Å²) in [7, 11) is 0. The number of allylic oxidation sites excluding steroid dienone is 2. The largest absolute Gasteiger partial charge is 0.287 e. The minimum absolute atomic E-state index is 0.0610. The maximum absolute atomic E-state index is 4.39. The lowest BCUT2D eigenvalue weighted by Gasteiger charge is -2.09. The molecule has 0 aromatic rings. The Balaban J connectivity index is 3.36. The Labute approximate surface area is 95.7 Å². The summed E-state index contributed by atoms with van der Waals surface area (Å²) in [4.78, 5) is 4.39. The first-order chi connectivity index (χ1) is 7.06. The van der Waals surface area contributed by atoms with E-state index in [1.807, 2.05) is 6.21 Å². The van der Waals surface area contributed by atoms with Gasteiger partial charge in [-0.2, -0.15) is 0 Å². The molecular weight excluding hydrogens is 182 g/mol. The predicted octanol–water partition coefficient (Wildman–Crippen LogP) is 4.77. The summed E-state index contributed by atoms with van der Waals surface area (Å²) in [5.74, 6) is 0. The lowest BCUT2D eigenvalue weighted by atomic mass is 10.1. The van der Waals surface area contributed by atoms with Crippen LogP contribution in [0.5, 0.6) is 0 Å². The molecule has 0 atom stereocenters. The van der Waals surface area contributed by atoms with E-state index in [0.29, 0.717) is 0 Å². The summed E-state index contributed by atoms with van der Waals surface area (Å²) in [6.07, 6.45) is 14.2. The van der Waals surface area contributed by atoms with Crippen molar-refractivity contribution in [2.24, 2.45) is 4.99 Å². The molecule has 0 aromatic heterocycles. The van der Waals surface area contributed by atoms with Gasteiger partial charge in [-0.05, 0) is 39.7 Å². The van der Waals surface area contributed by atoms with Crippen LogP contribution in [0.15, 0.2) is 17.1 Å². The minimum atomic E-state index is 0.0610. The standard InChI is InChI=1S/C14H27N/c1-5-6-7-8-9-10-11-12-13-15-14(2,3)4/h11-13H,5-10H2,1-4H3/b12-11+,15-13?. The topological polar surface area (TPSA) is 12.4 Å². The van der Waals surface area contributed by atoms with Crippen LogP contribution in [0.2, 0.25) is 0 Å². The van der Waals surface area contributed by atoms with Crippen LogP contribution in [-0.2, 0) is 0 Å². The predicted molar refractivity (Wildman–Crippen MR) is 70.8 cm³/mol. The molecule has 0 aliphatic rings. The van der Waals surface area contributed by atoms with Gasteiger partial charge < -0.3 is 0 Å². The second-order valence-corrected chi connectivity index (χ2v) is 5.08. The van der Waals surface area contributed by atoms with Gasteiger partial charge >= 0.3 is 0 Å². The highest BCUT2D eigenvalue weighted by molar-refractivity contribution is 5.71. The molecule has 0 aromatic carbocycles. The van der Waals surface area contributed by atoms with Gasteiger partial charge in [0.25, 0.3) is 0 Å². The van der Waals surface area contributed by atoms with Crippen molar-refractivity contribution in [2.75, 3.05) is 0 Å². The zero-order valence-corrected chi connectivity index (χ0v) is 10.9. The molecule has 0 aliphatic heterocycles. The van der Waals surface area contributed by atoms with Crippen LogP contribution in [0.3, 0.4) is 0 Å². The van der Waals surface area contributed by atoms with E-state index in [-0.39, 0.29) is 5.54 Å². The van der Waals surface area contributed by atoms with Crippen LogP contribution in [0.1, 0.15) is 66.2 Å². The monoisotopic (exact) mass is 209 g/mol. The highest BCUT2D eigenvalue weighted by Gasteiger charge is 2.02. The molecular formula is C14H27N. The van der Waals surface area contributed by atoms with Crippen molar-refractivity contribution in [1.29, 1.82) is 0 Å². The molecule has 0 N–H and O–H groups in total. The summed E-state index contributed by atoms with van der Waals surface area (Å²) < 4.78 is 0. The smallest absolute Gasteiger partial charge is 0.0524 e. The van der Waals surface area contributed by atoms with Crippen molar-refractivity contribution in [2.45, 2.75) is 71.8 Å². The fraction of sp³-hybridized carbons (Fsp3) is 0.786. The molecule has 0 radical (unpaired) electrons. The first-order valence-corrected chi connectivity index (χ1v) is 6.26. The molecule has 0 spiro atoms. The van der Waals surface area contributed by atoms with E-state index < -0.39 is 0 Å². The van der Waals surface area contributed by atoms with Gasteiger partial charge in [-0.1, -0.05) is 38.7 Å². The van der Waals surface area contributed by atoms with Crippen LogP contribution < -0.4 is 0 Å². The van der Waals surface area contributed by atoms with Gasteiger partial charge in [-0.15, -0.1) is 0 Å². The van der Waals surface area contributed by atoms with E-state index in [1.54, 1.807) is 0 Å². The summed E-state index contributed by atoms with van der Waals surface area (Å²) in [6.45, 7) is 8.59. The number of hydrogen-bond donors (Lipinski definition) is 0. The van der Waals surface area contributed by atoms with E-state index in [4.69, 9.17) is 0 Å². The zero-order chi connectivity index (χ0) is 11.6. The van der Waals surface area contributed by atoms with Crippen LogP contribution in [0, 0.1) is 0 Å². The number of rotatable bonds is 7. The first kappa shape index (κ1) is 14.4. The van der Waals surface area contributed by atoms with E-state index >= 15 is 0 Å². The molecule has 1 nitrogen and oxygen atoms in total. The SMILES string of the molecule is CCCCCCC/C=C/C=NC(C)(C)C. The Morgan fingerprint density at radius 2 is 1.67 bits per heavy atom. The molecule has 15 heavy (non-hydrogen) atoms. The van der Waals surface area contributed by atoms with Crippen molar-refractivity contribution in [3.63, 3.8) is 0 Å². The second kappa shape index (κ2) is 8.70. The average Bonchev–Trinajstić information content (AvgIpc) is 2.14. The van der Waals surface area contributed by atoms with Crippen molar-refractivity contribution in [3.05, 3.63) is 12.2 Å². The number of unbranched alkanes of at least 4 members (excludes halogenated alkanes) is 5. The van der Waals surface area contributed by atoms with Gasteiger partial charge in [-0.3, -0.25) is 4.99 Å². The highest BCUT2D eigenvalue weighted by atomic mass is 14.8. The second-order valence-electron chi connectivity index (χ2n) is 5.08. The summed E-state index contributed by atoms with van der Waals surface area (Å²) >= 11 is 0. The molecule has 0 fully saturated rings. The quantitative estimate of drug-likeness (QED) is 0.423. The van der Waals surface area contributed by atoms with Crippen LogP contribution in [0.4, 0.5) is 0 Å². The van der Waals surface area contributed by atoms with Gasteiger partial charge in [0.2, 0.25) is 0 Å². The van der Waals surface area contributed by atoms with Crippen molar-refractivity contribution < 1.29 is 0 Å². The number of aliphatic imine (C=N–C) groups is 1. The molecule has 1 heteroatoms. The van der Waals surface area contributed by atoms with E-state index in [2.05, 4.69) is 44.8 Å². The Hall–Kier alpha value is -0.590. The third-order valence-corrected chi connectivity index (χ3v) is 2.16. The van der Waals surface area contributed by atoms with Gasteiger partial charge in [0, 0.05) is 6.21 Å². The molecule has 0 heterocycles. The van der Waals surface area contributed by atoms with Gasteiger partial charge in [0.05, 0.1) is 5.54 Å². The average molecular weight is 209 g/mol. The first-order valence-electron chi connectivity index (χ1n) is 6.26. The molecule has 0 saturated carbocycles. The molecule has 0 unspecified atom stereocenters. The molecule has 0 rings (SSSR count). The lowest BCUT2D eigenvalue weighted by Crippen LogP contribution is -2.08. The minimum Gasteiger partial charge on any atom is -0.287 e. The van der Waals surface area contributed by atoms with Crippen LogP contribution >= 0.6 is 0 Å². The van der Waals surface area contributed by atoms with E-state index in [9.17, 15) is 0 Å². The highest BCUT2D eigenvalue weighted by Crippen LogP contribution is 2.06.